The Hall–Kier alpha value is -1.62. The maximum atomic E-state index is 12.2. The molecule has 5 heteroatoms. The van der Waals surface area contributed by atoms with E-state index in [0.29, 0.717) is 17.3 Å². The van der Waals surface area contributed by atoms with Crippen LogP contribution in [0.4, 0.5) is 5.69 Å². The van der Waals surface area contributed by atoms with Gasteiger partial charge in [-0.1, -0.05) is 13.8 Å². The first kappa shape index (κ1) is 14.4. The molecule has 1 rings (SSSR count). The van der Waals surface area contributed by atoms with Gasteiger partial charge in [-0.15, -0.1) is 0 Å². The molecule has 1 aromatic rings. The van der Waals surface area contributed by atoms with Crippen molar-refractivity contribution in [3.8, 4) is 0 Å². The van der Waals surface area contributed by atoms with Crippen molar-refractivity contribution < 1.29 is 4.79 Å². The quantitative estimate of drug-likeness (QED) is 0.618. The molecule has 1 amide bonds. The maximum Gasteiger partial charge on any atom is 0.272 e. The number of hydrogen-bond donors (Lipinski definition) is 2. The van der Waals surface area contributed by atoms with Gasteiger partial charge < -0.3 is 10.3 Å². The Bertz CT molecular complexity index is 406. The number of carbonyl (C=O) groups is 1. The van der Waals surface area contributed by atoms with E-state index in [0.717, 1.165) is 6.42 Å². The summed E-state index contributed by atoms with van der Waals surface area (Å²) in [5, 5.41) is 0. The third-order valence-corrected chi connectivity index (χ3v) is 2.94. The summed E-state index contributed by atoms with van der Waals surface area (Å²) in [5.74, 6) is 5.79. The Morgan fingerprint density at radius 1 is 1.50 bits per heavy atom. The molecule has 1 aromatic heterocycles. The molecule has 0 spiro atoms. The van der Waals surface area contributed by atoms with Gasteiger partial charge in [0.25, 0.3) is 5.91 Å². The minimum absolute atomic E-state index is 0.0831. The molecule has 0 aliphatic heterocycles. The minimum atomic E-state index is -0.0831. The summed E-state index contributed by atoms with van der Waals surface area (Å²) in [6.45, 7) is 6.33. The van der Waals surface area contributed by atoms with Crippen LogP contribution in [0.1, 0.15) is 37.7 Å². The topological polar surface area (TPSA) is 71.2 Å². The van der Waals surface area contributed by atoms with E-state index in [1.807, 2.05) is 6.92 Å². The summed E-state index contributed by atoms with van der Waals surface area (Å²) in [6.07, 6.45) is 2.54. The lowest BCUT2D eigenvalue weighted by Crippen LogP contribution is -2.36. The predicted octanol–water partition coefficient (Wildman–Crippen LogP) is 1.87. The lowest BCUT2D eigenvalue weighted by molar-refractivity contribution is 0.0722. The highest BCUT2D eigenvalue weighted by Gasteiger charge is 2.19. The number of nitrogens with zero attached hydrogens (tertiary/aromatic N) is 2. The van der Waals surface area contributed by atoms with Crippen LogP contribution in [0.3, 0.4) is 0 Å². The van der Waals surface area contributed by atoms with E-state index in [9.17, 15) is 4.79 Å². The molecule has 0 aromatic carbocycles. The fourth-order valence-corrected chi connectivity index (χ4v) is 1.86. The first-order chi connectivity index (χ1) is 8.45. The van der Waals surface area contributed by atoms with Crippen molar-refractivity contribution in [2.45, 2.75) is 33.2 Å². The highest BCUT2D eigenvalue weighted by molar-refractivity contribution is 5.93. The fourth-order valence-electron chi connectivity index (χ4n) is 1.86. The molecule has 18 heavy (non-hydrogen) atoms. The van der Waals surface area contributed by atoms with E-state index in [2.05, 4.69) is 24.3 Å². The van der Waals surface area contributed by atoms with Gasteiger partial charge in [0.1, 0.15) is 5.69 Å². The summed E-state index contributed by atoms with van der Waals surface area (Å²) in [4.78, 5) is 18.0. The molecule has 0 saturated carbocycles. The highest BCUT2D eigenvalue weighted by atomic mass is 16.2. The number of hydrazine groups is 1. The van der Waals surface area contributed by atoms with Crippen molar-refractivity contribution in [2.75, 3.05) is 12.5 Å². The SMILES string of the molecule is CC(C)CC(C)N(C)C(=O)c1cc(NN)ccn1. The van der Waals surface area contributed by atoms with Gasteiger partial charge in [-0.3, -0.25) is 15.6 Å². The summed E-state index contributed by atoms with van der Waals surface area (Å²) in [6, 6.07) is 3.56. The second kappa shape index (κ2) is 6.35. The van der Waals surface area contributed by atoms with Crippen LogP contribution in [0.15, 0.2) is 18.3 Å². The van der Waals surface area contributed by atoms with Crippen LogP contribution in [0.25, 0.3) is 0 Å². The molecule has 100 valence electrons. The first-order valence-electron chi connectivity index (χ1n) is 6.15. The van der Waals surface area contributed by atoms with Crippen LogP contribution in [-0.2, 0) is 0 Å². The number of carbonyl (C=O) groups excluding carboxylic acids is 1. The molecule has 3 N–H and O–H groups in total. The van der Waals surface area contributed by atoms with Crippen LogP contribution in [0.5, 0.6) is 0 Å². The van der Waals surface area contributed by atoms with E-state index in [1.165, 1.54) is 0 Å². The minimum Gasteiger partial charge on any atom is -0.338 e. The van der Waals surface area contributed by atoms with Gasteiger partial charge in [0, 0.05) is 19.3 Å². The van der Waals surface area contributed by atoms with E-state index in [4.69, 9.17) is 5.84 Å². The van der Waals surface area contributed by atoms with Crippen molar-refractivity contribution in [3.63, 3.8) is 0 Å². The zero-order valence-electron chi connectivity index (χ0n) is 11.5. The van der Waals surface area contributed by atoms with E-state index in [1.54, 1.807) is 30.3 Å². The maximum absolute atomic E-state index is 12.2. The van der Waals surface area contributed by atoms with Gasteiger partial charge in [0.2, 0.25) is 0 Å². The summed E-state index contributed by atoms with van der Waals surface area (Å²) >= 11 is 0. The van der Waals surface area contributed by atoms with Gasteiger partial charge in [-0.05, 0) is 31.4 Å². The van der Waals surface area contributed by atoms with E-state index >= 15 is 0 Å². The average molecular weight is 250 g/mol. The van der Waals surface area contributed by atoms with Crippen LogP contribution in [0, 0.1) is 5.92 Å². The monoisotopic (exact) mass is 250 g/mol. The molecule has 1 atom stereocenters. The fraction of sp³-hybridized carbons (Fsp3) is 0.538. The number of nitrogens with two attached hydrogens (primary N) is 1. The molecule has 0 fully saturated rings. The van der Waals surface area contributed by atoms with Gasteiger partial charge in [0.05, 0.1) is 5.69 Å². The number of nitrogens with one attached hydrogen (secondary N) is 1. The molecule has 1 unspecified atom stereocenters. The third-order valence-electron chi connectivity index (χ3n) is 2.94. The number of pyridine rings is 1. The second-order valence-corrected chi connectivity index (χ2v) is 4.97. The van der Waals surface area contributed by atoms with Gasteiger partial charge in [0.15, 0.2) is 0 Å². The number of anilines is 1. The zero-order chi connectivity index (χ0) is 13.7. The highest BCUT2D eigenvalue weighted by Crippen LogP contribution is 2.13. The van der Waals surface area contributed by atoms with Gasteiger partial charge >= 0.3 is 0 Å². The lowest BCUT2D eigenvalue weighted by atomic mass is 10.0. The number of aromatic nitrogens is 1. The Morgan fingerprint density at radius 3 is 2.72 bits per heavy atom. The van der Waals surface area contributed by atoms with Crippen molar-refractivity contribution in [1.29, 1.82) is 0 Å². The molecule has 0 aliphatic rings. The van der Waals surface area contributed by atoms with Gasteiger partial charge in [-0.2, -0.15) is 0 Å². The van der Waals surface area contributed by atoms with Gasteiger partial charge in [-0.25, -0.2) is 0 Å². The molecule has 0 bridgehead atoms. The summed E-state index contributed by atoms with van der Waals surface area (Å²) < 4.78 is 0. The van der Waals surface area contributed by atoms with Crippen molar-refractivity contribution >= 4 is 11.6 Å². The Balaban J connectivity index is 2.79. The smallest absolute Gasteiger partial charge is 0.272 e. The standard InChI is InChI=1S/C13H22N4O/c1-9(2)7-10(3)17(4)13(18)12-8-11(16-14)5-6-15-12/h5-6,8-10H,7,14H2,1-4H3,(H,15,16). The van der Waals surface area contributed by atoms with Crippen LogP contribution in [0.2, 0.25) is 0 Å². The molecule has 5 nitrogen and oxygen atoms in total. The molecule has 0 aliphatic carbocycles. The Morgan fingerprint density at radius 2 is 2.17 bits per heavy atom. The van der Waals surface area contributed by atoms with Crippen molar-refractivity contribution in [3.05, 3.63) is 24.0 Å². The third kappa shape index (κ3) is 3.70. The molecular weight excluding hydrogens is 228 g/mol. The van der Waals surface area contributed by atoms with E-state index < -0.39 is 0 Å². The Labute approximate surface area is 108 Å². The molecule has 1 heterocycles. The Kier molecular flexibility index (Phi) is 5.09. The molecular formula is C13H22N4O. The summed E-state index contributed by atoms with van der Waals surface area (Å²) in [7, 11) is 1.81. The average Bonchev–Trinajstić information content (AvgIpc) is 2.36. The second-order valence-electron chi connectivity index (χ2n) is 4.97. The van der Waals surface area contributed by atoms with E-state index in [-0.39, 0.29) is 11.9 Å². The van der Waals surface area contributed by atoms with Crippen LogP contribution in [-0.4, -0.2) is 28.9 Å². The largest absolute Gasteiger partial charge is 0.338 e. The normalized spacial score (nSPS) is 12.3. The number of hydrogen-bond acceptors (Lipinski definition) is 4. The number of amides is 1. The molecule has 0 radical (unpaired) electrons. The van der Waals surface area contributed by atoms with Crippen LogP contribution >= 0.6 is 0 Å². The zero-order valence-corrected chi connectivity index (χ0v) is 11.5. The van der Waals surface area contributed by atoms with Crippen molar-refractivity contribution in [2.24, 2.45) is 11.8 Å². The number of nitrogen functional groups attached to an aromatic ring is 1. The molecule has 0 saturated heterocycles. The number of rotatable bonds is 5. The van der Waals surface area contributed by atoms with Crippen molar-refractivity contribution in [1.82, 2.24) is 9.88 Å². The predicted molar refractivity (Wildman–Crippen MR) is 73.1 cm³/mol. The van der Waals surface area contributed by atoms with Crippen LogP contribution < -0.4 is 11.3 Å². The first-order valence-corrected chi connectivity index (χ1v) is 6.15. The summed E-state index contributed by atoms with van der Waals surface area (Å²) in [5.41, 5.74) is 3.60. The lowest BCUT2D eigenvalue weighted by Gasteiger charge is -2.26.